The maximum Gasteiger partial charge on any atom is 0.433 e. The molecule has 0 aromatic carbocycles. The number of nitro groups is 1. The van der Waals surface area contributed by atoms with Crippen molar-refractivity contribution in [2.45, 2.75) is 32.4 Å². The van der Waals surface area contributed by atoms with Gasteiger partial charge in [-0.05, 0) is 26.8 Å². The summed E-state index contributed by atoms with van der Waals surface area (Å²) in [6.07, 6.45) is -0.393. The van der Waals surface area contributed by atoms with Crippen molar-refractivity contribution in [3.05, 3.63) is 28.0 Å². The Morgan fingerprint density at radius 3 is 2.81 bits per heavy atom. The van der Waals surface area contributed by atoms with E-state index in [1.807, 2.05) is 0 Å². The summed E-state index contributed by atoms with van der Waals surface area (Å²) in [5, 5.41) is 13.8. The van der Waals surface area contributed by atoms with Crippen molar-refractivity contribution in [3.63, 3.8) is 0 Å². The van der Waals surface area contributed by atoms with E-state index in [2.05, 4.69) is 5.32 Å². The molecule has 1 unspecified atom stereocenters. The molecule has 1 aromatic rings. The molecule has 1 atom stereocenters. The van der Waals surface area contributed by atoms with Gasteiger partial charge in [-0.25, -0.2) is 4.79 Å². The highest BCUT2D eigenvalue weighted by Gasteiger charge is 2.30. The highest BCUT2D eigenvalue weighted by molar-refractivity contribution is 5.68. The quantitative estimate of drug-likeness (QED) is 0.663. The maximum atomic E-state index is 12.0. The molecular formula is C13H19N3O5. The summed E-state index contributed by atoms with van der Waals surface area (Å²) >= 11 is 0. The monoisotopic (exact) mass is 297 g/mol. The molecule has 2 rings (SSSR count). The summed E-state index contributed by atoms with van der Waals surface area (Å²) in [7, 11) is 0. The lowest BCUT2D eigenvalue weighted by Gasteiger charge is -2.34. The summed E-state index contributed by atoms with van der Waals surface area (Å²) in [5.41, 5.74) is -0.555. The van der Waals surface area contributed by atoms with Gasteiger partial charge in [0.25, 0.3) is 0 Å². The Hall–Kier alpha value is -2.09. The van der Waals surface area contributed by atoms with Gasteiger partial charge in [0.15, 0.2) is 0 Å². The number of hydrogen-bond acceptors (Lipinski definition) is 6. The third kappa shape index (κ3) is 3.94. The Kier molecular flexibility index (Phi) is 4.17. The summed E-state index contributed by atoms with van der Waals surface area (Å²) in [6, 6.07) is 2.58. The lowest BCUT2D eigenvalue weighted by atomic mass is 10.1. The minimum absolute atomic E-state index is 0.278. The number of ether oxygens (including phenoxy) is 1. The van der Waals surface area contributed by atoms with Crippen molar-refractivity contribution >= 4 is 12.0 Å². The van der Waals surface area contributed by atoms with Crippen LogP contribution in [0, 0.1) is 10.1 Å². The number of furan rings is 1. The van der Waals surface area contributed by atoms with E-state index in [0.29, 0.717) is 25.4 Å². The largest absolute Gasteiger partial charge is 0.444 e. The number of amides is 1. The van der Waals surface area contributed by atoms with Crippen molar-refractivity contribution in [2.75, 3.05) is 19.6 Å². The molecule has 8 nitrogen and oxygen atoms in total. The van der Waals surface area contributed by atoms with Crippen LogP contribution in [-0.2, 0) is 4.74 Å². The van der Waals surface area contributed by atoms with Crippen LogP contribution in [0.15, 0.2) is 16.5 Å². The summed E-state index contributed by atoms with van der Waals surface area (Å²) < 4.78 is 10.5. The second kappa shape index (κ2) is 5.72. The van der Waals surface area contributed by atoms with Crippen LogP contribution in [0.3, 0.4) is 0 Å². The number of hydrogen-bond donors (Lipinski definition) is 1. The third-order valence-corrected chi connectivity index (χ3v) is 2.96. The SMILES string of the molecule is CC(C)(C)OC(=O)N1CCNC(c2ccc([N+](=O)[O-])o2)C1. The molecule has 2 heterocycles. The van der Waals surface area contributed by atoms with Gasteiger partial charge in [0, 0.05) is 19.6 Å². The predicted octanol–water partition coefficient (Wildman–Crippen LogP) is 2.07. The van der Waals surface area contributed by atoms with Crippen LogP contribution in [0.1, 0.15) is 32.6 Å². The smallest absolute Gasteiger partial charge is 0.433 e. The number of nitrogens with zero attached hydrogens (tertiary/aromatic N) is 2. The molecule has 116 valence electrons. The Labute approximate surface area is 122 Å². The lowest BCUT2D eigenvalue weighted by molar-refractivity contribution is -0.402. The van der Waals surface area contributed by atoms with E-state index in [9.17, 15) is 14.9 Å². The Morgan fingerprint density at radius 2 is 2.24 bits per heavy atom. The average molecular weight is 297 g/mol. The second-order valence-corrected chi connectivity index (χ2v) is 5.87. The van der Waals surface area contributed by atoms with Gasteiger partial charge in [-0.2, -0.15) is 0 Å². The van der Waals surface area contributed by atoms with Gasteiger partial charge in [-0.3, -0.25) is 10.1 Å². The van der Waals surface area contributed by atoms with Gasteiger partial charge in [0.2, 0.25) is 0 Å². The molecule has 1 aliphatic heterocycles. The van der Waals surface area contributed by atoms with Crippen LogP contribution >= 0.6 is 0 Å². The van der Waals surface area contributed by atoms with Crippen LogP contribution in [0.4, 0.5) is 10.7 Å². The van der Waals surface area contributed by atoms with E-state index in [4.69, 9.17) is 9.15 Å². The van der Waals surface area contributed by atoms with Crippen LogP contribution in [0.5, 0.6) is 0 Å². The van der Waals surface area contributed by atoms with Crippen LogP contribution < -0.4 is 5.32 Å². The summed E-state index contributed by atoms with van der Waals surface area (Å²) in [4.78, 5) is 23.7. The molecule has 1 N–H and O–H groups in total. The van der Waals surface area contributed by atoms with E-state index < -0.39 is 16.6 Å². The fourth-order valence-electron chi connectivity index (χ4n) is 2.06. The minimum Gasteiger partial charge on any atom is -0.444 e. The molecule has 1 fully saturated rings. The van der Waals surface area contributed by atoms with Gasteiger partial charge < -0.3 is 19.4 Å². The van der Waals surface area contributed by atoms with Gasteiger partial charge in [0.1, 0.15) is 16.3 Å². The molecule has 0 spiro atoms. The van der Waals surface area contributed by atoms with Crippen molar-refractivity contribution in [2.24, 2.45) is 0 Å². The number of carbonyl (C=O) groups excluding carboxylic acids is 1. The van der Waals surface area contributed by atoms with E-state index in [1.165, 1.54) is 6.07 Å². The zero-order valence-electron chi connectivity index (χ0n) is 12.3. The molecule has 1 aliphatic rings. The highest BCUT2D eigenvalue weighted by atomic mass is 16.6. The van der Waals surface area contributed by atoms with Crippen molar-refractivity contribution < 1.29 is 18.9 Å². The Bertz CT molecular complexity index is 534. The Balaban J connectivity index is 2.03. The molecule has 0 radical (unpaired) electrons. The molecule has 0 saturated carbocycles. The van der Waals surface area contributed by atoms with Crippen molar-refractivity contribution in [1.29, 1.82) is 0 Å². The topological polar surface area (TPSA) is 97.8 Å². The van der Waals surface area contributed by atoms with Crippen LogP contribution in [0.2, 0.25) is 0 Å². The first kappa shape index (κ1) is 15.3. The third-order valence-electron chi connectivity index (χ3n) is 2.96. The van der Waals surface area contributed by atoms with E-state index in [1.54, 1.807) is 31.7 Å². The molecule has 8 heteroatoms. The van der Waals surface area contributed by atoms with Crippen molar-refractivity contribution in [1.82, 2.24) is 10.2 Å². The van der Waals surface area contributed by atoms with Crippen molar-refractivity contribution in [3.8, 4) is 0 Å². The van der Waals surface area contributed by atoms with E-state index >= 15 is 0 Å². The number of rotatable bonds is 2. The second-order valence-electron chi connectivity index (χ2n) is 5.87. The first-order valence-corrected chi connectivity index (χ1v) is 6.72. The van der Waals surface area contributed by atoms with Gasteiger partial charge in [-0.15, -0.1) is 0 Å². The molecule has 21 heavy (non-hydrogen) atoms. The summed E-state index contributed by atoms with van der Waals surface area (Å²) in [6.45, 7) is 6.85. The predicted molar refractivity (Wildman–Crippen MR) is 73.9 cm³/mol. The standard InChI is InChI=1S/C13H19N3O5/c1-13(2,3)21-12(17)15-7-6-14-9(8-15)10-4-5-11(20-10)16(18)19/h4-5,9,14H,6-8H2,1-3H3. The van der Waals surface area contributed by atoms with E-state index in [-0.39, 0.29) is 11.9 Å². The number of nitrogens with one attached hydrogen (secondary N) is 1. The van der Waals surface area contributed by atoms with Crippen LogP contribution in [-0.4, -0.2) is 41.2 Å². The first-order valence-electron chi connectivity index (χ1n) is 6.72. The first-order chi connectivity index (χ1) is 9.76. The average Bonchev–Trinajstić information content (AvgIpc) is 2.86. The van der Waals surface area contributed by atoms with Gasteiger partial charge in [0.05, 0.1) is 12.1 Å². The molecule has 1 aromatic heterocycles. The molecular weight excluding hydrogens is 278 g/mol. The normalized spacial score (nSPS) is 19.4. The van der Waals surface area contributed by atoms with E-state index in [0.717, 1.165) is 0 Å². The fourth-order valence-corrected chi connectivity index (χ4v) is 2.06. The molecule has 0 aliphatic carbocycles. The fraction of sp³-hybridized carbons (Fsp3) is 0.615. The lowest BCUT2D eigenvalue weighted by Crippen LogP contribution is -2.49. The molecule has 0 bridgehead atoms. The molecule has 1 saturated heterocycles. The minimum atomic E-state index is -0.585. The Morgan fingerprint density at radius 1 is 1.52 bits per heavy atom. The zero-order valence-corrected chi connectivity index (χ0v) is 12.3. The number of piperazine rings is 1. The van der Waals surface area contributed by atoms with Gasteiger partial charge in [-0.1, -0.05) is 0 Å². The number of carbonyl (C=O) groups is 1. The maximum absolute atomic E-state index is 12.0. The summed E-state index contributed by atoms with van der Waals surface area (Å²) in [5.74, 6) is 0.135. The highest BCUT2D eigenvalue weighted by Crippen LogP contribution is 2.24. The zero-order chi connectivity index (χ0) is 15.6. The molecule has 1 amide bonds. The van der Waals surface area contributed by atoms with Crippen LogP contribution in [0.25, 0.3) is 0 Å². The van der Waals surface area contributed by atoms with Gasteiger partial charge >= 0.3 is 12.0 Å².